The van der Waals surface area contributed by atoms with E-state index in [0.717, 1.165) is 18.8 Å². The van der Waals surface area contributed by atoms with Crippen LogP contribution < -0.4 is 0 Å². The molecule has 0 atom stereocenters. The van der Waals surface area contributed by atoms with Gasteiger partial charge in [-0.05, 0) is 13.1 Å². The molecule has 98 valence electrons. The van der Waals surface area contributed by atoms with Gasteiger partial charge in [0.15, 0.2) is 0 Å². The van der Waals surface area contributed by atoms with Gasteiger partial charge in [0.2, 0.25) is 0 Å². The number of aryl methyl sites for hydroxylation is 1. The van der Waals surface area contributed by atoms with Crippen LogP contribution in [0.5, 0.6) is 0 Å². The molecule has 0 N–H and O–H groups in total. The second-order valence-corrected chi connectivity index (χ2v) is 5.84. The minimum Gasteiger partial charge on any atom is -0.295 e. The summed E-state index contributed by atoms with van der Waals surface area (Å²) >= 11 is 1.76. The second kappa shape index (κ2) is 5.63. The predicted octanol–water partition coefficient (Wildman–Crippen LogP) is 2.63. The van der Waals surface area contributed by atoms with E-state index in [1.807, 2.05) is 17.9 Å². The molecule has 0 amide bonds. The van der Waals surface area contributed by atoms with E-state index in [2.05, 4.69) is 47.3 Å². The summed E-state index contributed by atoms with van der Waals surface area (Å²) in [4.78, 5) is 6.92. The van der Waals surface area contributed by atoms with Crippen LogP contribution in [0.1, 0.15) is 36.2 Å². The standard InChI is InChI=1S/C13H20N4S/c1-10(2)13-15-11(9-18-13)7-16(3)8-12-5-6-14-17(12)4/h5-6,9-10H,7-8H2,1-4H3. The molecule has 0 aliphatic carbocycles. The Labute approximate surface area is 112 Å². The van der Waals surface area contributed by atoms with E-state index in [1.165, 1.54) is 10.7 Å². The summed E-state index contributed by atoms with van der Waals surface area (Å²) in [6, 6.07) is 2.05. The lowest BCUT2D eigenvalue weighted by atomic mass is 10.2. The Morgan fingerprint density at radius 1 is 1.39 bits per heavy atom. The molecule has 0 aliphatic rings. The molecule has 0 saturated carbocycles. The van der Waals surface area contributed by atoms with Gasteiger partial charge < -0.3 is 0 Å². The fraction of sp³-hybridized carbons (Fsp3) is 0.538. The molecular formula is C13H20N4S. The zero-order valence-corrected chi connectivity index (χ0v) is 12.2. The molecule has 0 fully saturated rings. The van der Waals surface area contributed by atoms with Gasteiger partial charge in [-0.15, -0.1) is 11.3 Å². The average Bonchev–Trinajstić information content (AvgIpc) is 2.89. The van der Waals surface area contributed by atoms with Crippen molar-refractivity contribution in [2.24, 2.45) is 7.05 Å². The van der Waals surface area contributed by atoms with Crippen LogP contribution >= 0.6 is 11.3 Å². The molecule has 0 saturated heterocycles. The third-order valence-electron chi connectivity index (χ3n) is 2.85. The summed E-state index contributed by atoms with van der Waals surface area (Å²) in [7, 11) is 4.09. The first kappa shape index (κ1) is 13.2. The first-order chi connectivity index (χ1) is 8.56. The Morgan fingerprint density at radius 3 is 2.72 bits per heavy atom. The van der Waals surface area contributed by atoms with Crippen molar-refractivity contribution in [1.82, 2.24) is 19.7 Å². The van der Waals surface area contributed by atoms with Gasteiger partial charge in [-0.1, -0.05) is 13.8 Å². The van der Waals surface area contributed by atoms with E-state index in [9.17, 15) is 0 Å². The molecule has 4 nitrogen and oxygen atoms in total. The van der Waals surface area contributed by atoms with Gasteiger partial charge in [0.25, 0.3) is 0 Å². The Balaban J connectivity index is 1.94. The molecular weight excluding hydrogens is 244 g/mol. The number of thiazole rings is 1. The van der Waals surface area contributed by atoms with Crippen LogP contribution in [0.25, 0.3) is 0 Å². The van der Waals surface area contributed by atoms with E-state index in [1.54, 1.807) is 11.3 Å². The second-order valence-electron chi connectivity index (χ2n) is 4.95. The van der Waals surface area contributed by atoms with Gasteiger partial charge in [0, 0.05) is 37.6 Å². The first-order valence-electron chi connectivity index (χ1n) is 6.16. The lowest BCUT2D eigenvalue weighted by Gasteiger charge is -2.15. The van der Waals surface area contributed by atoms with Gasteiger partial charge in [-0.2, -0.15) is 5.10 Å². The Hall–Kier alpha value is -1.20. The summed E-state index contributed by atoms with van der Waals surface area (Å²) < 4.78 is 1.91. The highest BCUT2D eigenvalue weighted by molar-refractivity contribution is 7.09. The molecule has 2 rings (SSSR count). The first-order valence-corrected chi connectivity index (χ1v) is 7.04. The van der Waals surface area contributed by atoms with Crippen molar-refractivity contribution < 1.29 is 0 Å². The van der Waals surface area contributed by atoms with Crippen LogP contribution in [0.3, 0.4) is 0 Å². The van der Waals surface area contributed by atoms with Crippen molar-refractivity contribution in [1.29, 1.82) is 0 Å². The largest absolute Gasteiger partial charge is 0.295 e. The van der Waals surface area contributed by atoms with Crippen LogP contribution in [-0.4, -0.2) is 26.7 Å². The molecule has 5 heteroatoms. The molecule has 0 bridgehead atoms. The third kappa shape index (κ3) is 3.17. The Bertz CT molecular complexity index is 501. The predicted molar refractivity (Wildman–Crippen MR) is 74.6 cm³/mol. The van der Waals surface area contributed by atoms with Crippen molar-refractivity contribution in [3.8, 4) is 0 Å². The van der Waals surface area contributed by atoms with Crippen molar-refractivity contribution >= 4 is 11.3 Å². The molecule has 18 heavy (non-hydrogen) atoms. The molecule has 0 radical (unpaired) electrons. The van der Waals surface area contributed by atoms with Gasteiger partial charge in [0.05, 0.1) is 16.4 Å². The average molecular weight is 264 g/mol. The van der Waals surface area contributed by atoms with Crippen LogP contribution in [0.4, 0.5) is 0 Å². The van der Waals surface area contributed by atoms with Crippen molar-refractivity contribution in [3.05, 3.63) is 34.0 Å². The number of rotatable bonds is 5. The zero-order chi connectivity index (χ0) is 13.1. The minimum atomic E-state index is 0.520. The normalized spacial score (nSPS) is 11.7. The summed E-state index contributed by atoms with van der Waals surface area (Å²) in [5.74, 6) is 0.520. The van der Waals surface area contributed by atoms with Gasteiger partial charge in [-0.25, -0.2) is 4.98 Å². The molecule has 2 heterocycles. The quantitative estimate of drug-likeness (QED) is 0.832. The lowest BCUT2D eigenvalue weighted by molar-refractivity contribution is 0.306. The fourth-order valence-electron chi connectivity index (χ4n) is 1.83. The summed E-state index contributed by atoms with van der Waals surface area (Å²) in [5, 5.41) is 7.56. The summed E-state index contributed by atoms with van der Waals surface area (Å²) in [5.41, 5.74) is 2.38. The van der Waals surface area contributed by atoms with Gasteiger partial charge in [-0.3, -0.25) is 9.58 Å². The van der Waals surface area contributed by atoms with E-state index >= 15 is 0 Å². The van der Waals surface area contributed by atoms with Crippen LogP contribution in [-0.2, 0) is 20.1 Å². The maximum atomic E-state index is 4.66. The van der Waals surface area contributed by atoms with Crippen molar-refractivity contribution in [3.63, 3.8) is 0 Å². The van der Waals surface area contributed by atoms with Crippen LogP contribution in [0.15, 0.2) is 17.6 Å². The molecule has 0 unspecified atom stereocenters. The fourth-order valence-corrected chi connectivity index (χ4v) is 2.65. The van der Waals surface area contributed by atoms with E-state index in [0.29, 0.717) is 5.92 Å². The molecule has 0 aliphatic heterocycles. The summed E-state index contributed by atoms with van der Waals surface area (Å²) in [6.07, 6.45) is 1.84. The highest BCUT2D eigenvalue weighted by Gasteiger charge is 2.09. The van der Waals surface area contributed by atoms with E-state index in [4.69, 9.17) is 0 Å². The summed E-state index contributed by atoms with van der Waals surface area (Å²) in [6.45, 7) is 6.14. The third-order valence-corrected chi connectivity index (χ3v) is 4.04. The number of hydrogen-bond acceptors (Lipinski definition) is 4. The molecule has 2 aromatic heterocycles. The number of nitrogens with zero attached hydrogens (tertiary/aromatic N) is 4. The Kier molecular flexibility index (Phi) is 4.14. The molecule has 2 aromatic rings. The maximum absolute atomic E-state index is 4.66. The highest BCUT2D eigenvalue weighted by atomic mass is 32.1. The smallest absolute Gasteiger partial charge is 0.0954 e. The number of aromatic nitrogens is 3. The topological polar surface area (TPSA) is 34.0 Å². The molecule has 0 spiro atoms. The maximum Gasteiger partial charge on any atom is 0.0954 e. The van der Waals surface area contributed by atoms with Gasteiger partial charge in [0.1, 0.15) is 0 Å². The van der Waals surface area contributed by atoms with Crippen molar-refractivity contribution in [2.45, 2.75) is 32.9 Å². The lowest BCUT2D eigenvalue weighted by Crippen LogP contribution is -2.19. The monoisotopic (exact) mass is 264 g/mol. The minimum absolute atomic E-state index is 0.520. The highest BCUT2D eigenvalue weighted by Crippen LogP contribution is 2.20. The SMILES string of the molecule is CC(C)c1nc(CN(C)Cc2ccnn2C)cs1. The van der Waals surface area contributed by atoms with E-state index < -0.39 is 0 Å². The van der Waals surface area contributed by atoms with Crippen molar-refractivity contribution in [2.75, 3.05) is 7.05 Å². The Morgan fingerprint density at radius 2 is 2.17 bits per heavy atom. The van der Waals surface area contributed by atoms with Crippen LogP contribution in [0.2, 0.25) is 0 Å². The van der Waals surface area contributed by atoms with Gasteiger partial charge >= 0.3 is 0 Å². The van der Waals surface area contributed by atoms with Crippen LogP contribution in [0, 0.1) is 0 Å². The van der Waals surface area contributed by atoms with E-state index in [-0.39, 0.29) is 0 Å². The number of hydrogen-bond donors (Lipinski definition) is 0. The zero-order valence-electron chi connectivity index (χ0n) is 11.4. The molecule has 0 aromatic carbocycles.